The van der Waals surface area contributed by atoms with Crippen molar-refractivity contribution in [3.05, 3.63) is 35.6 Å². The van der Waals surface area contributed by atoms with Crippen molar-refractivity contribution in [1.29, 1.82) is 0 Å². The number of hydrogen-bond acceptors (Lipinski definition) is 2. The third-order valence-electron chi connectivity index (χ3n) is 4.29. The Balaban J connectivity index is 1.85. The fourth-order valence-electron chi connectivity index (χ4n) is 2.92. The normalized spacial score (nSPS) is 25.1. The van der Waals surface area contributed by atoms with E-state index in [1.807, 2.05) is 6.07 Å². The van der Waals surface area contributed by atoms with Gasteiger partial charge in [-0.25, -0.2) is 4.39 Å². The maximum absolute atomic E-state index is 13.2. The van der Waals surface area contributed by atoms with Gasteiger partial charge in [-0.2, -0.15) is 0 Å². The van der Waals surface area contributed by atoms with Gasteiger partial charge in [0.15, 0.2) is 0 Å². The second-order valence-corrected chi connectivity index (χ2v) is 5.97. The summed E-state index contributed by atoms with van der Waals surface area (Å²) in [6.07, 6.45) is 4.54. The van der Waals surface area contributed by atoms with Gasteiger partial charge >= 0.3 is 0 Å². The van der Waals surface area contributed by atoms with Crippen LogP contribution in [0.15, 0.2) is 24.3 Å². The Morgan fingerprint density at radius 3 is 2.85 bits per heavy atom. The molecule has 2 atom stereocenters. The molecule has 112 valence electrons. The highest BCUT2D eigenvalue weighted by atomic mass is 19.1. The van der Waals surface area contributed by atoms with Crippen molar-refractivity contribution in [3.63, 3.8) is 0 Å². The summed E-state index contributed by atoms with van der Waals surface area (Å²) in [5.74, 6) is -0.126. The summed E-state index contributed by atoms with van der Waals surface area (Å²) >= 11 is 0. The quantitative estimate of drug-likeness (QED) is 0.909. The summed E-state index contributed by atoms with van der Waals surface area (Å²) in [7, 11) is 0. The first-order chi connectivity index (χ1) is 9.67. The van der Waals surface area contributed by atoms with Crippen molar-refractivity contribution in [2.75, 3.05) is 19.6 Å². The number of rotatable bonds is 4. The Labute approximate surface area is 122 Å². The van der Waals surface area contributed by atoms with Gasteiger partial charge in [0, 0.05) is 18.6 Å². The van der Waals surface area contributed by atoms with Gasteiger partial charge in [-0.15, -0.1) is 0 Å². The highest BCUT2D eigenvalue weighted by Crippen LogP contribution is 2.11. The molecule has 1 fully saturated rings. The Morgan fingerprint density at radius 2 is 2.10 bits per heavy atom. The first kappa shape index (κ1) is 15.5. The third kappa shape index (κ3) is 4.88. The molecule has 0 saturated carbocycles. The largest absolute Gasteiger partial charge is 0.311 e. The molecule has 3 heteroatoms. The molecule has 0 radical (unpaired) electrons. The zero-order valence-electron chi connectivity index (χ0n) is 12.7. The number of benzene rings is 1. The van der Waals surface area contributed by atoms with E-state index in [2.05, 4.69) is 24.1 Å². The fraction of sp³-hybridized carbons (Fsp3) is 0.647. The van der Waals surface area contributed by atoms with Crippen molar-refractivity contribution >= 4 is 0 Å². The molecule has 2 rings (SSSR count). The predicted octanol–water partition coefficient (Wildman–Crippen LogP) is 3.22. The van der Waals surface area contributed by atoms with Gasteiger partial charge in [0.1, 0.15) is 5.82 Å². The van der Waals surface area contributed by atoms with Crippen LogP contribution in [0.4, 0.5) is 4.39 Å². The molecule has 20 heavy (non-hydrogen) atoms. The van der Waals surface area contributed by atoms with Crippen LogP contribution < -0.4 is 5.32 Å². The summed E-state index contributed by atoms with van der Waals surface area (Å²) in [6, 6.07) is 8.23. The van der Waals surface area contributed by atoms with E-state index in [9.17, 15) is 4.39 Å². The van der Waals surface area contributed by atoms with Gasteiger partial charge in [-0.05, 0) is 63.4 Å². The van der Waals surface area contributed by atoms with Crippen LogP contribution in [-0.4, -0.2) is 36.6 Å². The zero-order valence-corrected chi connectivity index (χ0v) is 12.7. The van der Waals surface area contributed by atoms with Crippen LogP contribution in [0.5, 0.6) is 0 Å². The van der Waals surface area contributed by atoms with E-state index >= 15 is 0 Å². The lowest BCUT2D eigenvalue weighted by Gasteiger charge is -2.32. The topological polar surface area (TPSA) is 15.3 Å². The monoisotopic (exact) mass is 278 g/mol. The summed E-state index contributed by atoms with van der Waals surface area (Å²) in [5.41, 5.74) is 1.10. The molecule has 1 aromatic carbocycles. The third-order valence-corrected chi connectivity index (χ3v) is 4.29. The van der Waals surface area contributed by atoms with Crippen LogP contribution in [-0.2, 0) is 6.42 Å². The predicted molar refractivity (Wildman–Crippen MR) is 82.5 cm³/mol. The molecular weight excluding hydrogens is 251 g/mol. The SMILES string of the molecule is CCC1CCN(CCc2cccc(F)c2)CCC(C)N1. The van der Waals surface area contributed by atoms with Crippen molar-refractivity contribution in [2.45, 2.75) is 51.6 Å². The molecule has 2 nitrogen and oxygen atoms in total. The van der Waals surface area contributed by atoms with Gasteiger partial charge in [0.2, 0.25) is 0 Å². The number of halogens is 1. The van der Waals surface area contributed by atoms with Crippen LogP contribution >= 0.6 is 0 Å². The molecule has 0 aliphatic carbocycles. The highest BCUT2D eigenvalue weighted by molar-refractivity contribution is 5.16. The van der Waals surface area contributed by atoms with Crippen molar-refractivity contribution < 1.29 is 4.39 Å². The minimum atomic E-state index is -0.126. The lowest BCUT2D eigenvalue weighted by molar-refractivity contribution is 0.214. The molecule has 2 unspecified atom stereocenters. The molecule has 1 aliphatic heterocycles. The first-order valence-corrected chi connectivity index (χ1v) is 7.90. The van der Waals surface area contributed by atoms with Crippen LogP contribution in [0, 0.1) is 5.82 Å². The molecule has 0 bridgehead atoms. The molecule has 1 heterocycles. The lowest BCUT2D eigenvalue weighted by Crippen LogP contribution is -2.44. The standard InChI is InChI=1S/C17H27FN2/c1-3-17-9-12-20(10-7-14(2)19-17)11-8-15-5-4-6-16(18)13-15/h4-6,13-14,17,19H,3,7-12H2,1-2H3. The van der Waals surface area contributed by atoms with E-state index in [1.54, 1.807) is 12.1 Å². The van der Waals surface area contributed by atoms with Crippen LogP contribution in [0.2, 0.25) is 0 Å². The van der Waals surface area contributed by atoms with Gasteiger partial charge in [-0.3, -0.25) is 0 Å². The summed E-state index contributed by atoms with van der Waals surface area (Å²) < 4.78 is 13.2. The Kier molecular flexibility index (Phi) is 5.99. The minimum Gasteiger partial charge on any atom is -0.311 e. The molecule has 0 amide bonds. The van der Waals surface area contributed by atoms with Gasteiger partial charge in [-0.1, -0.05) is 19.1 Å². The van der Waals surface area contributed by atoms with Gasteiger partial charge in [0.25, 0.3) is 0 Å². The molecule has 1 saturated heterocycles. The smallest absolute Gasteiger partial charge is 0.123 e. The van der Waals surface area contributed by atoms with Crippen LogP contribution in [0.25, 0.3) is 0 Å². The maximum atomic E-state index is 13.2. The number of nitrogens with one attached hydrogen (secondary N) is 1. The van der Waals surface area contributed by atoms with Crippen LogP contribution in [0.3, 0.4) is 0 Å². The summed E-state index contributed by atoms with van der Waals surface area (Å²) in [5, 5.41) is 3.69. The zero-order chi connectivity index (χ0) is 14.4. The van der Waals surface area contributed by atoms with Crippen LogP contribution in [0.1, 0.15) is 38.7 Å². The minimum absolute atomic E-state index is 0.126. The van der Waals surface area contributed by atoms with Crippen molar-refractivity contribution in [1.82, 2.24) is 10.2 Å². The first-order valence-electron chi connectivity index (χ1n) is 7.90. The Hall–Kier alpha value is -0.930. The molecule has 0 aromatic heterocycles. The molecular formula is C17H27FN2. The fourth-order valence-corrected chi connectivity index (χ4v) is 2.92. The van der Waals surface area contributed by atoms with Gasteiger partial charge in [0.05, 0.1) is 0 Å². The van der Waals surface area contributed by atoms with Crippen molar-refractivity contribution in [3.8, 4) is 0 Å². The lowest BCUT2D eigenvalue weighted by atomic mass is 10.0. The van der Waals surface area contributed by atoms with E-state index in [0.29, 0.717) is 12.1 Å². The molecule has 1 aromatic rings. The number of hydrogen-bond donors (Lipinski definition) is 1. The van der Waals surface area contributed by atoms with Crippen molar-refractivity contribution in [2.24, 2.45) is 0 Å². The molecule has 0 spiro atoms. The van der Waals surface area contributed by atoms with E-state index in [-0.39, 0.29) is 5.82 Å². The Bertz CT molecular complexity index is 408. The summed E-state index contributed by atoms with van der Waals surface area (Å²) in [6.45, 7) is 7.85. The second kappa shape index (κ2) is 7.75. The second-order valence-electron chi connectivity index (χ2n) is 5.97. The van der Waals surface area contributed by atoms with Gasteiger partial charge < -0.3 is 10.2 Å². The Morgan fingerprint density at radius 1 is 1.30 bits per heavy atom. The van der Waals surface area contributed by atoms with E-state index in [4.69, 9.17) is 0 Å². The molecule has 1 N–H and O–H groups in total. The van der Waals surface area contributed by atoms with E-state index < -0.39 is 0 Å². The molecule has 1 aliphatic rings. The van der Waals surface area contributed by atoms with E-state index in [0.717, 1.165) is 31.6 Å². The average molecular weight is 278 g/mol. The average Bonchev–Trinajstić information content (AvgIpc) is 2.42. The summed E-state index contributed by atoms with van der Waals surface area (Å²) in [4.78, 5) is 2.53. The number of nitrogens with zero attached hydrogens (tertiary/aromatic N) is 1. The van der Waals surface area contributed by atoms with E-state index in [1.165, 1.54) is 25.3 Å². The highest BCUT2D eigenvalue weighted by Gasteiger charge is 2.17. The maximum Gasteiger partial charge on any atom is 0.123 e.